The molecule has 2 aliphatic rings. The number of allylic oxidation sites excluding steroid dienone is 1. The summed E-state index contributed by atoms with van der Waals surface area (Å²) in [6, 6.07) is 15.6. The number of rotatable bonds is 2. The third kappa shape index (κ3) is 2.52. The van der Waals surface area contributed by atoms with Crippen molar-refractivity contribution in [2.75, 3.05) is 6.79 Å². The third-order valence-corrected chi connectivity index (χ3v) is 5.33. The van der Waals surface area contributed by atoms with Crippen molar-refractivity contribution in [3.63, 3.8) is 0 Å². The van der Waals surface area contributed by atoms with Gasteiger partial charge in [0.1, 0.15) is 11.6 Å². The van der Waals surface area contributed by atoms with E-state index in [1.807, 2.05) is 42.5 Å². The van der Waals surface area contributed by atoms with Gasteiger partial charge in [0.25, 0.3) is 0 Å². The van der Waals surface area contributed by atoms with Gasteiger partial charge in [0.05, 0.1) is 17.2 Å². The Kier molecular flexibility index (Phi) is 3.77. The molecule has 2 aromatic carbocycles. The van der Waals surface area contributed by atoms with E-state index in [0.29, 0.717) is 23.0 Å². The molecule has 0 amide bonds. The number of nitrogens with one attached hydrogen (secondary N) is 1. The maximum absolute atomic E-state index is 9.79. The molecule has 5 rings (SSSR count). The fraction of sp³-hybridized carbons (Fsp3) is 0.100. The van der Waals surface area contributed by atoms with Gasteiger partial charge < -0.3 is 19.9 Å². The monoisotopic (exact) mass is 436 g/mol. The normalized spacial score (nSPS) is 17.1. The minimum Gasteiger partial charge on any atom is -0.454 e. The lowest BCUT2D eigenvalue weighted by atomic mass is 9.83. The Labute approximate surface area is 168 Å². The van der Waals surface area contributed by atoms with E-state index in [1.54, 1.807) is 0 Å². The first-order valence-electron chi connectivity index (χ1n) is 8.47. The zero-order valence-corrected chi connectivity index (χ0v) is 16.0. The first-order valence-corrected chi connectivity index (χ1v) is 9.26. The Morgan fingerprint density at radius 3 is 2.71 bits per heavy atom. The average Bonchev–Trinajstić information content (AvgIpc) is 3.33. The highest BCUT2D eigenvalue weighted by Crippen LogP contribution is 2.47. The lowest BCUT2D eigenvalue weighted by Crippen LogP contribution is -2.21. The maximum Gasteiger partial charge on any atom is 0.244 e. The van der Waals surface area contributed by atoms with Crippen LogP contribution in [0.4, 0.5) is 0 Å². The number of fused-ring (bicyclic) bond motifs is 2. The van der Waals surface area contributed by atoms with Crippen molar-refractivity contribution in [3.05, 3.63) is 69.5 Å². The van der Waals surface area contributed by atoms with Gasteiger partial charge in [-0.3, -0.25) is 5.10 Å². The van der Waals surface area contributed by atoms with Crippen LogP contribution in [0.1, 0.15) is 17.0 Å². The highest BCUT2D eigenvalue weighted by molar-refractivity contribution is 9.10. The van der Waals surface area contributed by atoms with Crippen LogP contribution < -0.4 is 19.9 Å². The number of H-pyrrole nitrogens is 1. The van der Waals surface area contributed by atoms with Gasteiger partial charge in [0, 0.05) is 10.0 Å². The molecule has 7 nitrogen and oxygen atoms in total. The van der Waals surface area contributed by atoms with E-state index in [0.717, 1.165) is 26.9 Å². The van der Waals surface area contributed by atoms with Crippen molar-refractivity contribution in [3.8, 4) is 34.7 Å². The predicted octanol–water partition coefficient (Wildman–Crippen LogP) is 3.79. The molecule has 0 aliphatic carbocycles. The molecule has 3 heterocycles. The molecule has 0 saturated heterocycles. The van der Waals surface area contributed by atoms with Gasteiger partial charge in [-0.1, -0.05) is 34.1 Å². The van der Waals surface area contributed by atoms with Crippen molar-refractivity contribution in [2.45, 2.75) is 5.92 Å². The van der Waals surface area contributed by atoms with Crippen LogP contribution in [0.2, 0.25) is 0 Å². The van der Waals surface area contributed by atoms with E-state index >= 15 is 0 Å². The highest BCUT2D eigenvalue weighted by atomic mass is 79.9. The first-order chi connectivity index (χ1) is 13.7. The van der Waals surface area contributed by atoms with Gasteiger partial charge >= 0.3 is 0 Å². The van der Waals surface area contributed by atoms with Crippen molar-refractivity contribution < 1.29 is 14.2 Å². The topological polar surface area (TPSA) is 106 Å². The zero-order chi connectivity index (χ0) is 19.3. The molecule has 2 aliphatic heterocycles. The Balaban J connectivity index is 1.71. The number of halogens is 1. The van der Waals surface area contributed by atoms with Crippen LogP contribution in [0.25, 0.3) is 11.3 Å². The van der Waals surface area contributed by atoms with E-state index in [4.69, 9.17) is 19.9 Å². The molecule has 28 heavy (non-hydrogen) atoms. The van der Waals surface area contributed by atoms with Crippen LogP contribution in [0.5, 0.6) is 17.4 Å². The summed E-state index contributed by atoms with van der Waals surface area (Å²) in [6.45, 7) is 0.177. The summed E-state index contributed by atoms with van der Waals surface area (Å²) in [5.41, 5.74) is 9.64. The quantitative estimate of drug-likeness (QED) is 0.632. The highest BCUT2D eigenvalue weighted by Gasteiger charge is 2.36. The Morgan fingerprint density at radius 2 is 1.93 bits per heavy atom. The van der Waals surface area contributed by atoms with Crippen LogP contribution in [0.3, 0.4) is 0 Å². The number of hydrogen-bond acceptors (Lipinski definition) is 6. The minimum atomic E-state index is -0.444. The number of aromatic nitrogens is 2. The van der Waals surface area contributed by atoms with Gasteiger partial charge in [-0.05, 0) is 29.8 Å². The second-order valence-electron chi connectivity index (χ2n) is 6.36. The lowest BCUT2D eigenvalue weighted by Gasteiger charge is -2.24. The largest absolute Gasteiger partial charge is 0.454 e. The molecule has 8 heteroatoms. The number of nitriles is 1. The summed E-state index contributed by atoms with van der Waals surface area (Å²) in [7, 11) is 0. The molecule has 3 N–H and O–H groups in total. The summed E-state index contributed by atoms with van der Waals surface area (Å²) < 4.78 is 17.5. The molecule has 0 fully saturated rings. The molecule has 0 unspecified atom stereocenters. The number of ether oxygens (including phenoxy) is 3. The fourth-order valence-corrected chi connectivity index (χ4v) is 3.77. The summed E-state index contributed by atoms with van der Waals surface area (Å²) in [5, 5.41) is 17.1. The molecule has 0 spiro atoms. The summed E-state index contributed by atoms with van der Waals surface area (Å²) in [6.07, 6.45) is 0. The lowest BCUT2D eigenvalue weighted by molar-refractivity contribution is 0.174. The second-order valence-corrected chi connectivity index (χ2v) is 7.28. The van der Waals surface area contributed by atoms with Crippen LogP contribution in [0.15, 0.2) is 58.4 Å². The number of nitrogens with zero attached hydrogens (tertiary/aromatic N) is 2. The summed E-state index contributed by atoms with van der Waals surface area (Å²) in [4.78, 5) is 0. The van der Waals surface area contributed by atoms with Gasteiger partial charge in [-0.25, -0.2) is 0 Å². The minimum absolute atomic E-state index is 0.0477. The molecule has 0 radical (unpaired) electrons. The van der Waals surface area contributed by atoms with E-state index in [1.165, 1.54) is 0 Å². The standard InChI is InChI=1S/C20H13BrN4O3/c21-12-4-1-10(2-5-12)18-17-16(11-3-6-14-15(7-11)27-9-26-14)13(8-22)19(23)28-20(17)25-24-18/h1-7,16H,9,23H2,(H,24,25)/t16-/m0/s1. The summed E-state index contributed by atoms with van der Waals surface area (Å²) in [5.74, 6) is 1.27. The molecule has 0 bridgehead atoms. The Morgan fingerprint density at radius 1 is 1.14 bits per heavy atom. The predicted molar refractivity (Wildman–Crippen MR) is 104 cm³/mol. The molecule has 1 atom stereocenters. The SMILES string of the molecule is N#CC1=C(N)Oc2n[nH]c(-c3ccc(Br)cc3)c2[C@H]1c1ccc2c(c1)OCO2. The summed E-state index contributed by atoms with van der Waals surface area (Å²) >= 11 is 3.45. The van der Waals surface area contributed by atoms with Crippen molar-refractivity contribution >= 4 is 15.9 Å². The van der Waals surface area contributed by atoms with Crippen molar-refractivity contribution in [1.82, 2.24) is 10.2 Å². The molecule has 1 aromatic heterocycles. The number of hydrogen-bond donors (Lipinski definition) is 2. The van der Waals surface area contributed by atoms with Crippen LogP contribution in [0, 0.1) is 11.3 Å². The van der Waals surface area contributed by atoms with E-state index in [2.05, 4.69) is 32.2 Å². The van der Waals surface area contributed by atoms with E-state index in [9.17, 15) is 5.26 Å². The molecule has 138 valence electrons. The van der Waals surface area contributed by atoms with Gasteiger partial charge in [-0.15, -0.1) is 5.10 Å². The number of benzene rings is 2. The van der Waals surface area contributed by atoms with Gasteiger partial charge in [-0.2, -0.15) is 5.26 Å². The van der Waals surface area contributed by atoms with Crippen LogP contribution >= 0.6 is 15.9 Å². The van der Waals surface area contributed by atoms with Gasteiger partial charge in [0.15, 0.2) is 11.5 Å². The van der Waals surface area contributed by atoms with Crippen LogP contribution in [-0.4, -0.2) is 17.0 Å². The van der Waals surface area contributed by atoms with Gasteiger partial charge in [0.2, 0.25) is 18.6 Å². The number of aromatic amines is 1. The molecular weight excluding hydrogens is 424 g/mol. The van der Waals surface area contributed by atoms with E-state index in [-0.39, 0.29) is 12.7 Å². The zero-order valence-electron chi connectivity index (χ0n) is 14.4. The second kappa shape index (κ2) is 6.32. The van der Waals surface area contributed by atoms with Crippen molar-refractivity contribution in [2.24, 2.45) is 5.73 Å². The Hall–Kier alpha value is -3.44. The smallest absolute Gasteiger partial charge is 0.244 e. The van der Waals surface area contributed by atoms with Crippen molar-refractivity contribution in [1.29, 1.82) is 5.26 Å². The number of nitrogens with two attached hydrogens (primary N) is 1. The molecule has 0 saturated carbocycles. The molecule has 3 aromatic rings. The average molecular weight is 437 g/mol. The molecular formula is C20H13BrN4O3. The van der Waals surface area contributed by atoms with Crippen LogP contribution in [-0.2, 0) is 0 Å². The fourth-order valence-electron chi connectivity index (χ4n) is 3.51. The Bertz CT molecular complexity index is 1160. The van der Waals surface area contributed by atoms with E-state index < -0.39 is 5.92 Å². The maximum atomic E-state index is 9.79. The third-order valence-electron chi connectivity index (χ3n) is 4.80. The first kappa shape index (κ1) is 16.7.